The van der Waals surface area contributed by atoms with Gasteiger partial charge < -0.3 is 5.32 Å². The Morgan fingerprint density at radius 1 is 1.17 bits per heavy atom. The second kappa shape index (κ2) is 5.06. The van der Waals surface area contributed by atoms with E-state index in [0.717, 1.165) is 29.7 Å². The Labute approximate surface area is 115 Å². The van der Waals surface area contributed by atoms with Crippen LogP contribution >= 0.6 is 15.9 Å². The fraction of sp³-hybridized carbons (Fsp3) is 0.286. The van der Waals surface area contributed by atoms with Crippen molar-refractivity contribution in [2.24, 2.45) is 0 Å². The van der Waals surface area contributed by atoms with Crippen molar-refractivity contribution in [3.05, 3.63) is 52.4 Å². The molecular formula is C14H14BrN3. The molecule has 0 saturated heterocycles. The number of hydrogen-bond acceptors (Lipinski definition) is 3. The van der Waals surface area contributed by atoms with Crippen molar-refractivity contribution >= 4 is 21.7 Å². The van der Waals surface area contributed by atoms with E-state index in [1.807, 2.05) is 6.07 Å². The second-order valence-electron chi connectivity index (χ2n) is 4.58. The van der Waals surface area contributed by atoms with Gasteiger partial charge in [-0.1, -0.05) is 24.3 Å². The molecule has 18 heavy (non-hydrogen) atoms. The first kappa shape index (κ1) is 11.7. The number of rotatable bonds is 2. The molecule has 3 rings (SSSR count). The normalized spacial score (nSPS) is 18.2. The van der Waals surface area contributed by atoms with Crippen molar-refractivity contribution in [1.82, 2.24) is 9.97 Å². The van der Waals surface area contributed by atoms with Crippen molar-refractivity contribution in [1.29, 1.82) is 0 Å². The summed E-state index contributed by atoms with van der Waals surface area (Å²) in [6.07, 6.45) is 4.93. The Balaban J connectivity index is 1.73. The minimum Gasteiger partial charge on any atom is -0.367 e. The molecule has 0 radical (unpaired) electrons. The molecule has 0 bridgehead atoms. The summed E-state index contributed by atoms with van der Waals surface area (Å²) in [6, 6.07) is 11.1. The van der Waals surface area contributed by atoms with E-state index in [1.165, 1.54) is 11.1 Å². The van der Waals surface area contributed by atoms with Crippen molar-refractivity contribution in [2.45, 2.75) is 25.3 Å². The van der Waals surface area contributed by atoms with Crippen molar-refractivity contribution in [3.63, 3.8) is 0 Å². The van der Waals surface area contributed by atoms with Crippen LogP contribution in [0.25, 0.3) is 0 Å². The Morgan fingerprint density at radius 3 is 2.83 bits per heavy atom. The van der Waals surface area contributed by atoms with E-state index >= 15 is 0 Å². The Morgan fingerprint density at radius 2 is 2.00 bits per heavy atom. The highest BCUT2D eigenvalue weighted by atomic mass is 79.9. The molecule has 1 aromatic carbocycles. The average Bonchev–Trinajstić information content (AvgIpc) is 2.39. The molecular weight excluding hydrogens is 290 g/mol. The zero-order valence-corrected chi connectivity index (χ0v) is 11.5. The second-order valence-corrected chi connectivity index (χ2v) is 5.39. The van der Waals surface area contributed by atoms with Crippen LogP contribution in [0, 0.1) is 0 Å². The number of fused-ring (bicyclic) bond motifs is 1. The highest BCUT2D eigenvalue weighted by Gasteiger charge is 2.18. The zero-order chi connectivity index (χ0) is 12.4. The van der Waals surface area contributed by atoms with Gasteiger partial charge in [-0.05, 0) is 46.3 Å². The van der Waals surface area contributed by atoms with Gasteiger partial charge in [-0.15, -0.1) is 0 Å². The van der Waals surface area contributed by atoms with E-state index in [2.05, 4.69) is 55.5 Å². The molecule has 0 spiro atoms. The van der Waals surface area contributed by atoms with Crippen LogP contribution in [0.1, 0.15) is 17.5 Å². The largest absolute Gasteiger partial charge is 0.367 e. The number of benzene rings is 1. The minimum absolute atomic E-state index is 0.460. The lowest BCUT2D eigenvalue weighted by molar-refractivity contribution is 0.608. The van der Waals surface area contributed by atoms with Crippen molar-refractivity contribution < 1.29 is 0 Å². The molecule has 92 valence electrons. The van der Waals surface area contributed by atoms with Gasteiger partial charge in [0.2, 0.25) is 0 Å². The minimum atomic E-state index is 0.460. The topological polar surface area (TPSA) is 37.8 Å². The third-order valence-electron chi connectivity index (χ3n) is 3.33. The number of halogens is 1. The van der Waals surface area contributed by atoms with Crippen LogP contribution in [0.2, 0.25) is 0 Å². The third-order valence-corrected chi connectivity index (χ3v) is 3.77. The lowest BCUT2D eigenvalue weighted by atomic mass is 9.88. The monoisotopic (exact) mass is 303 g/mol. The Bertz CT molecular complexity index is 556. The van der Waals surface area contributed by atoms with Crippen LogP contribution < -0.4 is 5.32 Å². The van der Waals surface area contributed by atoms with Crippen LogP contribution in [0.5, 0.6) is 0 Å². The summed E-state index contributed by atoms with van der Waals surface area (Å²) in [7, 11) is 0. The highest BCUT2D eigenvalue weighted by Crippen LogP contribution is 2.23. The molecule has 2 aromatic rings. The maximum atomic E-state index is 4.24. The van der Waals surface area contributed by atoms with Crippen LogP contribution in [0.3, 0.4) is 0 Å². The summed E-state index contributed by atoms with van der Waals surface area (Å²) in [6.45, 7) is 0. The Kier molecular flexibility index (Phi) is 3.28. The lowest BCUT2D eigenvalue weighted by Gasteiger charge is -2.25. The van der Waals surface area contributed by atoms with Crippen LogP contribution in [0.4, 0.5) is 5.82 Å². The van der Waals surface area contributed by atoms with Crippen molar-refractivity contribution in [2.75, 3.05) is 5.32 Å². The van der Waals surface area contributed by atoms with Gasteiger partial charge in [0, 0.05) is 12.1 Å². The third kappa shape index (κ3) is 2.53. The standard InChI is InChI=1S/C14H14BrN3/c15-13-8-14(17-9-16-13)18-12-6-5-10-3-1-2-4-11(10)7-12/h1-4,8-9,12H,5-7H2,(H,16,17,18). The van der Waals surface area contributed by atoms with Gasteiger partial charge in [0.25, 0.3) is 0 Å². The Hall–Kier alpha value is -1.42. The smallest absolute Gasteiger partial charge is 0.130 e. The van der Waals surface area contributed by atoms with Gasteiger partial charge in [-0.2, -0.15) is 0 Å². The summed E-state index contributed by atoms with van der Waals surface area (Å²) >= 11 is 3.36. The number of aryl methyl sites for hydroxylation is 1. The molecule has 0 amide bonds. The van der Waals surface area contributed by atoms with Crippen LogP contribution in [-0.2, 0) is 12.8 Å². The molecule has 0 saturated carbocycles. The zero-order valence-electron chi connectivity index (χ0n) is 9.94. The molecule has 3 nitrogen and oxygen atoms in total. The molecule has 1 atom stereocenters. The molecule has 1 unspecified atom stereocenters. The first-order valence-electron chi connectivity index (χ1n) is 6.12. The number of aromatic nitrogens is 2. The molecule has 1 aromatic heterocycles. The van der Waals surface area contributed by atoms with E-state index in [0.29, 0.717) is 6.04 Å². The van der Waals surface area contributed by atoms with Gasteiger partial charge in [0.1, 0.15) is 16.7 Å². The van der Waals surface area contributed by atoms with Crippen LogP contribution in [0.15, 0.2) is 41.3 Å². The van der Waals surface area contributed by atoms with Gasteiger partial charge in [0.15, 0.2) is 0 Å². The molecule has 1 aliphatic carbocycles. The van der Waals surface area contributed by atoms with Gasteiger partial charge >= 0.3 is 0 Å². The molecule has 0 fully saturated rings. The summed E-state index contributed by atoms with van der Waals surface area (Å²) < 4.78 is 0.816. The first-order chi connectivity index (χ1) is 8.81. The molecule has 4 heteroatoms. The molecule has 1 heterocycles. The summed E-state index contributed by atoms with van der Waals surface area (Å²) in [4.78, 5) is 8.27. The summed E-state index contributed by atoms with van der Waals surface area (Å²) in [5, 5.41) is 3.48. The van der Waals surface area contributed by atoms with Crippen molar-refractivity contribution in [3.8, 4) is 0 Å². The highest BCUT2D eigenvalue weighted by molar-refractivity contribution is 9.10. The van der Waals surface area contributed by atoms with Crippen LogP contribution in [-0.4, -0.2) is 16.0 Å². The summed E-state index contributed by atoms with van der Waals surface area (Å²) in [5.41, 5.74) is 2.94. The van der Waals surface area contributed by atoms with E-state index in [9.17, 15) is 0 Å². The van der Waals surface area contributed by atoms with Gasteiger partial charge in [-0.3, -0.25) is 0 Å². The molecule has 1 aliphatic rings. The summed E-state index contributed by atoms with van der Waals surface area (Å²) in [5.74, 6) is 0.890. The predicted molar refractivity (Wildman–Crippen MR) is 75.6 cm³/mol. The number of nitrogens with zero attached hydrogens (tertiary/aromatic N) is 2. The SMILES string of the molecule is Brc1cc(NC2CCc3ccccc3C2)ncn1. The molecule has 0 aliphatic heterocycles. The quantitative estimate of drug-likeness (QED) is 0.866. The van der Waals surface area contributed by atoms with E-state index in [1.54, 1.807) is 6.33 Å². The average molecular weight is 304 g/mol. The van der Waals surface area contributed by atoms with E-state index < -0.39 is 0 Å². The maximum Gasteiger partial charge on any atom is 0.130 e. The fourth-order valence-corrected chi connectivity index (χ4v) is 2.75. The van der Waals surface area contributed by atoms with Gasteiger partial charge in [0.05, 0.1) is 0 Å². The predicted octanol–water partition coefficient (Wildman–Crippen LogP) is 3.21. The van der Waals surface area contributed by atoms with E-state index in [-0.39, 0.29) is 0 Å². The number of nitrogens with one attached hydrogen (secondary N) is 1. The molecule has 1 N–H and O–H groups in total. The first-order valence-corrected chi connectivity index (χ1v) is 6.91. The van der Waals surface area contributed by atoms with Gasteiger partial charge in [-0.25, -0.2) is 9.97 Å². The maximum absolute atomic E-state index is 4.24. The number of hydrogen-bond donors (Lipinski definition) is 1. The fourth-order valence-electron chi connectivity index (χ4n) is 2.44. The lowest BCUT2D eigenvalue weighted by Crippen LogP contribution is -2.27. The van der Waals surface area contributed by atoms with E-state index in [4.69, 9.17) is 0 Å². The number of anilines is 1.